The van der Waals surface area contributed by atoms with Crippen LogP contribution in [0.3, 0.4) is 0 Å². The molecule has 0 radical (unpaired) electrons. The lowest BCUT2D eigenvalue weighted by Gasteiger charge is -2.26. The first-order chi connectivity index (χ1) is 9.74. The molecule has 0 saturated heterocycles. The van der Waals surface area contributed by atoms with Crippen molar-refractivity contribution in [2.75, 3.05) is 7.05 Å². The standard InChI is InChI=1S/C11H11NO2.3C2H6/c1-12-6-8-4-2-3-5-9(8)10(7-13)11(12)14;3*1-2/h2-5,7,13H,6H2,1H3;3*1-2H3/b10-7-;;;. The Labute approximate surface area is 123 Å². The molecule has 1 aromatic carbocycles. The monoisotopic (exact) mass is 279 g/mol. The molecular formula is C17H29NO2. The second-order valence-electron chi connectivity index (χ2n) is 3.36. The van der Waals surface area contributed by atoms with Crippen molar-refractivity contribution in [3.05, 3.63) is 41.7 Å². The van der Waals surface area contributed by atoms with Crippen molar-refractivity contribution in [2.24, 2.45) is 0 Å². The van der Waals surface area contributed by atoms with E-state index in [0.29, 0.717) is 12.1 Å². The van der Waals surface area contributed by atoms with E-state index in [2.05, 4.69) is 0 Å². The topological polar surface area (TPSA) is 40.5 Å². The summed E-state index contributed by atoms with van der Waals surface area (Å²) in [5, 5.41) is 9.02. The van der Waals surface area contributed by atoms with Crippen LogP contribution in [0.25, 0.3) is 5.57 Å². The molecule has 0 aliphatic carbocycles. The number of benzene rings is 1. The molecule has 3 heteroatoms. The normalized spacial score (nSPS) is 13.8. The van der Waals surface area contributed by atoms with E-state index in [-0.39, 0.29) is 5.91 Å². The summed E-state index contributed by atoms with van der Waals surface area (Å²) in [5.41, 5.74) is 2.27. The summed E-state index contributed by atoms with van der Waals surface area (Å²) in [6, 6.07) is 7.60. The molecule has 1 aliphatic heterocycles. The van der Waals surface area contributed by atoms with E-state index in [1.54, 1.807) is 11.9 Å². The number of hydrogen-bond donors (Lipinski definition) is 1. The average molecular weight is 279 g/mol. The van der Waals surface area contributed by atoms with Crippen molar-refractivity contribution in [1.29, 1.82) is 0 Å². The van der Waals surface area contributed by atoms with Crippen molar-refractivity contribution in [2.45, 2.75) is 48.1 Å². The Kier molecular flexibility index (Phi) is 12.6. The van der Waals surface area contributed by atoms with E-state index >= 15 is 0 Å². The van der Waals surface area contributed by atoms with E-state index in [1.165, 1.54) is 0 Å². The predicted octanol–water partition coefficient (Wildman–Crippen LogP) is 4.64. The third kappa shape index (κ3) is 5.08. The lowest BCUT2D eigenvalue weighted by Crippen LogP contribution is -2.31. The Hall–Kier alpha value is -1.77. The third-order valence-electron chi connectivity index (χ3n) is 2.42. The van der Waals surface area contributed by atoms with Crippen LogP contribution in [0.2, 0.25) is 0 Å². The van der Waals surface area contributed by atoms with Crippen LogP contribution < -0.4 is 0 Å². The second kappa shape index (κ2) is 12.3. The number of hydrogen-bond acceptors (Lipinski definition) is 2. The van der Waals surface area contributed by atoms with Crippen molar-refractivity contribution >= 4 is 11.5 Å². The zero-order valence-corrected chi connectivity index (χ0v) is 13.9. The summed E-state index contributed by atoms with van der Waals surface area (Å²) >= 11 is 0. The van der Waals surface area contributed by atoms with Gasteiger partial charge in [-0.25, -0.2) is 0 Å². The Morgan fingerprint density at radius 3 is 2.05 bits per heavy atom. The highest BCUT2D eigenvalue weighted by molar-refractivity contribution is 6.20. The highest BCUT2D eigenvalue weighted by Gasteiger charge is 2.24. The van der Waals surface area contributed by atoms with E-state index in [9.17, 15) is 4.79 Å². The summed E-state index contributed by atoms with van der Waals surface area (Å²) < 4.78 is 0. The fraction of sp³-hybridized carbons (Fsp3) is 0.471. The molecule has 20 heavy (non-hydrogen) atoms. The van der Waals surface area contributed by atoms with Crippen LogP contribution in [0.1, 0.15) is 52.7 Å². The van der Waals surface area contributed by atoms with Gasteiger partial charge in [-0.3, -0.25) is 4.79 Å². The van der Waals surface area contributed by atoms with Crippen LogP contribution in [-0.4, -0.2) is 23.0 Å². The summed E-state index contributed by atoms with van der Waals surface area (Å²) in [4.78, 5) is 13.2. The molecule has 0 fully saturated rings. The molecule has 1 amide bonds. The summed E-state index contributed by atoms with van der Waals surface area (Å²) in [6.07, 6.45) is 0.886. The van der Waals surface area contributed by atoms with Crippen LogP contribution in [0.15, 0.2) is 30.5 Å². The molecule has 2 rings (SSSR count). The van der Waals surface area contributed by atoms with Gasteiger partial charge in [0.25, 0.3) is 5.91 Å². The highest BCUT2D eigenvalue weighted by atomic mass is 16.2. The maximum atomic E-state index is 11.6. The molecule has 0 unspecified atom stereocenters. The van der Waals surface area contributed by atoms with Gasteiger partial charge in [-0.05, 0) is 11.1 Å². The van der Waals surface area contributed by atoms with E-state index in [4.69, 9.17) is 5.11 Å². The number of aliphatic hydroxyl groups is 1. The van der Waals surface area contributed by atoms with Crippen molar-refractivity contribution in [1.82, 2.24) is 4.90 Å². The van der Waals surface area contributed by atoms with Gasteiger partial charge in [-0.1, -0.05) is 65.8 Å². The molecule has 1 aromatic rings. The Balaban J connectivity index is 0. The van der Waals surface area contributed by atoms with Crippen molar-refractivity contribution in [3.8, 4) is 0 Å². The number of amides is 1. The van der Waals surface area contributed by atoms with Crippen LogP contribution in [0.4, 0.5) is 0 Å². The molecular weight excluding hydrogens is 250 g/mol. The first-order valence-corrected chi connectivity index (χ1v) is 7.42. The van der Waals surface area contributed by atoms with Crippen LogP contribution in [0, 0.1) is 0 Å². The number of fused-ring (bicyclic) bond motifs is 1. The number of likely N-dealkylation sites (N-methyl/N-ethyl adjacent to an activating group) is 1. The predicted molar refractivity (Wildman–Crippen MR) is 87.6 cm³/mol. The van der Waals surface area contributed by atoms with Crippen LogP contribution in [0.5, 0.6) is 0 Å². The molecule has 0 bridgehead atoms. The number of aliphatic hydroxyl groups excluding tert-OH is 1. The van der Waals surface area contributed by atoms with E-state index < -0.39 is 0 Å². The van der Waals surface area contributed by atoms with Crippen molar-refractivity contribution < 1.29 is 9.90 Å². The zero-order chi connectivity index (χ0) is 16.1. The van der Waals surface area contributed by atoms with Gasteiger partial charge in [0.1, 0.15) is 0 Å². The smallest absolute Gasteiger partial charge is 0.257 e. The van der Waals surface area contributed by atoms with E-state index in [1.807, 2.05) is 65.8 Å². The Morgan fingerprint density at radius 2 is 1.55 bits per heavy atom. The molecule has 1 aliphatic rings. The maximum Gasteiger partial charge on any atom is 0.257 e. The summed E-state index contributed by atoms with van der Waals surface area (Å²) in [5.74, 6) is -0.133. The van der Waals surface area contributed by atoms with Gasteiger partial charge in [0.15, 0.2) is 0 Å². The Bertz CT molecular complexity index is 411. The fourth-order valence-corrected chi connectivity index (χ4v) is 1.69. The molecule has 1 heterocycles. The molecule has 0 aromatic heterocycles. The minimum atomic E-state index is -0.133. The van der Waals surface area contributed by atoms with Gasteiger partial charge in [0, 0.05) is 13.6 Å². The minimum absolute atomic E-state index is 0.133. The van der Waals surface area contributed by atoms with Gasteiger partial charge < -0.3 is 10.0 Å². The molecule has 1 N–H and O–H groups in total. The lowest BCUT2D eigenvalue weighted by molar-refractivity contribution is -0.124. The Morgan fingerprint density at radius 1 is 1.05 bits per heavy atom. The quantitative estimate of drug-likeness (QED) is 0.555. The average Bonchev–Trinajstić information content (AvgIpc) is 2.54. The van der Waals surface area contributed by atoms with Crippen LogP contribution in [-0.2, 0) is 11.3 Å². The van der Waals surface area contributed by atoms with Gasteiger partial charge in [-0.2, -0.15) is 0 Å². The van der Waals surface area contributed by atoms with Gasteiger partial charge in [-0.15, -0.1) is 0 Å². The maximum absolute atomic E-state index is 11.6. The molecule has 0 atom stereocenters. The van der Waals surface area contributed by atoms with Gasteiger partial charge >= 0.3 is 0 Å². The highest BCUT2D eigenvalue weighted by Crippen LogP contribution is 2.26. The number of carbonyl (C=O) groups is 1. The zero-order valence-electron chi connectivity index (χ0n) is 13.9. The second-order valence-corrected chi connectivity index (χ2v) is 3.36. The van der Waals surface area contributed by atoms with Gasteiger partial charge in [0.05, 0.1) is 11.8 Å². The minimum Gasteiger partial charge on any atom is -0.515 e. The number of carbonyl (C=O) groups excluding carboxylic acids is 1. The third-order valence-corrected chi connectivity index (χ3v) is 2.42. The molecule has 114 valence electrons. The van der Waals surface area contributed by atoms with E-state index in [0.717, 1.165) is 17.4 Å². The summed E-state index contributed by atoms with van der Waals surface area (Å²) in [6.45, 7) is 12.6. The first-order valence-electron chi connectivity index (χ1n) is 7.42. The summed E-state index contributed by atoms with van der Waals surface area (Å²) in [7, 11) is 1.72. The SMILES string of the molecule is CC.CC.CC.CN1Cc2ccccc2/C(=C/O)C1=O. The fourth-order valence-electron chi connectivity index (χ4n) is 1.69. The van der Waals surface area contributed by atoms with Crippen LogP contribution >= 0.6 is 0 Å². The van der Waals surface area contributed by atoms with Crippen molar-refractivity contribution in [3.63, 3.8) is 0 Å². The molecule has 0 saturated carbocycles. The first kappa shape index (κ1) is 20.5. The largest absolute Gasteiger partial charge is 0.515 e. The molecule has 0 spiro atoms. The number of nitrogens with zero attached hydrogens (tertiary/aromatic N) is 1. The lowest BCUT2D eigenvalue weighted by atomic mass is 9.95. The van der Waals surface area contributed by atoms with Gasteiger partial charge in [0.2, 0.25) is 0 Å². The number of rotatable bonds is 0. The molecule has 3 nitrogen and oxygen atoms in total.